The Kier molecular flexibility index (Phi) is 6.69. The lowest BCUT2D eigenvalue weighted by molar-refractivity contribution is -0.116. The van der Waals surface area contributed by atoms with Gasteiger partial charge in [-0.25, -0.2) is 0 Å². The number of hydrogen-bond donors (Lipinski definition) is 2. The number of fused-ring (bicyclic) bond motifs is 1. The third kappa shape index (κ3) is 5.31. The van der Waals surface area contributed by atoms with E-state index < -0.39 is 0 Å². The van der Waals surface area contributed by atoms with Crippen molar-refractivity contribution in [3.63, 3.8) is 0 Å². The van der Waals surface area contributed by atoms with Crippen molar-refractivity contribution >= 4 is 17.3 Å². The van der Waals surface area contributed by atoms with Crippen LogP contribution in [0.5, 0.6) is 0 Å². The topological polar surface area (TPSA) is 41.1 Å². The monoisotopic (exact) mass is 418 g/mol. The second-order valence-electron chi connectivity index (χ2n) is 9.97. The van der Waals surface area contributed by atoms with Gasteiger partial charge < -0.3 is 10.6 Å². The van der Waals surface area contributed by atoms with Gasteiger partial charge in [0, 0.05) is 17.8 Å². The summed E-state index contributed by atoms with van der Waals surface area (Å²) in [6, 6.07) is 11.3. The molecule has 0 aliphatic heterocycles. The largest absolute Gasteiger partial charge is 0.378 e. The van der Waals surface area contributed by atoms with E-state index in [-0.39, 0.29) is 5.91 Å². The highest BCUT2D eigenvalue weighted by molar-refractivity contribution is 5.91. The van der Waals surface area contributed by atoms with Gasteiger partial charge in [0.2, 0.25) is 5.91 Å². The van der Waals surface area contributed by atoms with Gasteiger partial charge in [-0.15, -0.1) is 0 Å². The van der Waals surface area contributed by atoms with Crippen LogP contribution in [0.4, 0.5) is 11.4 Å². The number of rotatable bonds is 7. The molecule has 2 aliphatic rings. The molecule has 2 aromatic rings. The van der Waals surface area contributed by atoms with Crippen LogP contribution in [-0.2, 0) is 11.2 Å². The van der Waals surface area contributed by atoms with Gasteiger partial charge in [-0.2, -0.15) is 0 Å². The molecule has 0 heterocycles. The third-order valence-corrected chi connectivity index (χ3v) is 7.42. The Balaban J connectivity index is 1.49. The quantitative estimate of drug-likeness (QED) is 0.465. The van der Waals surface area contributed by atoms with Crippen molar-refractivity contribution in [1.82, 2.24) is 0 Å². The Bertz CT molecular complexity index is 944. The molecular weight excluding hydrogens is 380 g/mol. The summed E-state index contributed by atoms with van der Waals surface area (Å²) >= 11 is 0. The lowest BCUT2D eigenvalue weighted by Gasteiger charge is -2.24. The van der Waals surface area contributed by atoms with E-state index in [1.165, 1.54) is 59.2 Å². The predicted octanol–water partition coefficient (Wildman–Crippen LogP) is 7.26. The van der Waals surface area contributed by atoms with Crippen LogP contribution in [0, 0.1) is 32.6 Å². The first-order chi connectivity index (χ1) is 14.9. The van der Waals surface area contributed by atoms with Crippen molar-refractivity contribution in [2.75, 3.05) is 10.6 Å². The van der Waals surface area contributed by atoms with E-state index in [2.05, 4.69) is 68.7 Å². The number of nitrogens with one attached hydrogen (secondary N) is 2. The molecule has 166 valence electrons. The number of carbonyl (C=O) groups excluding carboxylic acids is 1. The van der Waals surface area contributed by atoms with Gasteiger partial charge >= 0.3 is 0 Å². The Morgan fingerprint density at radius 3 is 2.55 bits per heavy atom. The summed E-state index contributed by atoms with van der Waals surface area (Å²) in [6.07, 6.45) is 8.99. The van der Waals surface area contributed by atoms with Crippen LogP contribution < -0.4 is 10.6 Å². The summed E-state index contributed by atoms with van der Waals surface area (Å²) in [4.78, 5) is 12.6. The Morgan fingerprint density at radius 2 is 1.81 bits per heavy atom. The standard InChI is InChI=1S/C28H38N2O/c1-18-9-14-25(20(3)17-18)29-27-8-6-5-7-23-21(4)26(15-13-24(23)27)30-28(31)16-10-19(2)22-11-12-22/h9,13-15,17,19,22,27,29H,5-8,10-12,16H2,1-4H3,(H,30,31). The van der Waals surface area contributed by atoms with Crippen LogP contribution in [-0.4, -0.2) is 5.91 Å². The SMILES string of the molecule is Cc1ccc(NC2CCCCc3c2ccc(NC(=O)CCC(C)C2CC2)c3C)c(C)c1. The Morgan fingerprint density at radius 1 is 1.03 bits per heavy atom. The molecule has 2 unspecified atom stereocenters. The molecule has 2 N–H and O–H groups in total. The van der Waals surface area contributed by atoms with E-state index in [0.717, 1.165) is 30.9 Å². The van der Waals surface area contributed by atoms with Crippen LogP contribution in [0.3, 0.4) is 0 Å². The first-order valence-corrected chi connectivity index (χ1v) is 12.2. The summed E-state index contributed by atoms with van der Waals surface area (Å²) in [7, 11) is 0. The van der Waals surface area contributed by atoms with Crippen molar-refractivity contribution in [2.45, 2.75) is 85.1 Å². The molecular formula is C28H38N2O. The van der Waals surface area contributed by atoms with Crippen LogP contribution in [0.15, 0.2) is 30.3 Å². The van der Waals surface area contributed by atoms with Gasteiger partial charge in [-0.05, 0) is 106 Å². The number of amides is 1. The fourth-order valence-corrected chi connectivity index (χ4v) is 5.16. The van der Waals surface area contributed by atoms with Gasteiger partial charge in [0.05, 0.1) is 6.04 Å². The number of anilines is 2. The van der Waals surface area contributed by atoms with E-state index in [9.17, 15) is 4.79 Å². The van der Waals surface area contributed by atoms with Crippen LogP contribution in [0.25, 0.3) is 0 Å². The molecule has 0 saturated heterocycles. The maximum absolute atomic E-state index is 12.6. The lowest BCUT2D eigenvalue weighted by Crippen LogP contribution is -2.16. The van der Waals surface area contributed by atoms with E-state index in [4.69, 9.17) is 0 Å². The second kappa shape index (κ2) is 9.46. The minimum atomic E-state index is 0.161. The molecule has 31 heavy (non-hydrogen) atoms. The number of hydrogen-bond acceptors (Lipinski definition) is 2. The van der Waals surface area contributed by atoms with Crippen molar-refractivity contribution in [2.24, 2.45) is 11.8 Å². The molecule has 1 saturated carbocycles. The maximum Gasteiger partial charge on any atom is 0.224 e. The summed E-state index contributed by atoms with van der Waals surface area (Å²) in [5.41, 5.74) is 8.88. The molecule has 2 aromatic carbocycles. The van der Waals surface area contributed by atoms with Crippen molar-refractivity contribution < 1.29 is 4.79 Å². The summed E-state index contributed by atoms with van der Waals surface area (Å²) in [5.74, 6) is 1.70. The van der Waals surface area contributed by atoms with Crippen LogP contribution >= 0.6 is 0 Å². The molecule has 0 radical (unpaired) electrons. The van der Waals surface area contributed by atoms with E-state index in [1.54, 1.807) is 0 Å². The minimum absolute atomic E-state index is 0.161. The van der Waals surface area contributed by atoms with Crippen LogP contribution in [0.1, 0.15) is 85.7 Å². The van der Waals surface area contributed by atoms with E-state index >= 15 is 0 Å². The predicted molar refractivity (Wildman–Crippen MR) is 131 cm³/mol. The zero-order valence-corrected chi connectivity index (χ0v) is 19.7. The minimum Gasteiger partial charge on any atom is -0.378 e. The highest BCUT2D eigenvalue weighted by Gasteiger charge is 2.28. The van der Waals surface area contributed by atoms with Crippen LogP contribution in [0.2, 0.25) is 0 Å². The normalized spacial score (nSPS) is 19.3. The third-order valence-electron chi connectivity index (χ3n) is 7.42. The molecule has 1 fully saturated rings. The molecule has 3 nitrogen and oxygen atoms in total. The number of benzene rings is 2. The molecule has 2 atom stereocenters. The van der Waals surface area contributed by atoms with Gasteiger partial charge in [-0.1, -0.05) is 37.1 Å². The van der Waals surface area contributed by atoms with Crippen molar-refractivity contribution in [1.29, 1.82) is 0 Å². The first kappa shape index (κ1) is 21.9. The van der Waals surface area contributed by atoms with Gasteiger partial charge in [0.1, 0.15) is 0 Å². The van der Waals surface area contributed by atoms with E-state index in [1.807, 2.05) is 0 Å². The Hall–Kier alpha value is -2.29. The highest BCUT2D eigenvalue weighted by Crippen LogP contribution is 2.39. The molecule has 3 heteroatoms. The molecule has 0 spiro atoms. The first-order valence-electron chi connectivity index (χ1n) is 12.2. The maximum atomic E-state index is 12.6. The Labute approximate surface area is 188 Å². The van der Waals surface area contributed by atoms with Crippen molar-refractivity contribution in [3.8, 4) is 0 Å². The lowest BCUT2D eigenvalue weighted by atomic mass is 9.93. The molecule has 4 rings (SSSR count). The van der Waals surface area contributed by atoms with Gasteiger partial charge in [0.15, 0.2) is 0 Å². The molecule has 0 aromatic heterocycles. The molecule has 0 bridgehead atoms. The molecule has 2 aliphatic carbocycles. The van der Waals surface area contributed by atoms with Gasteiger partial charge in [-0.3, -0.25) is 4.79 Å². The summed E-state index contributed by atoms with van der Waals surface area (Å²) in [6.45, 7) is 8.80. The zero-order valence-electron chi connectivity index (χ0n) is 19.7. The van der Waals surface area contributed by atoms with E-state index in [0.29, 0.717) is 18.4 Å². The molecule has 1 amide bonds. The van der Waals surface area contributed by atoms with Gasteiger partial charge in [0.25, 0.3) is 0 Å². The zero-order chi connectivity index (χ0) is 22.0. The number of carbonyl (C=O) groups is 1. The fraction of sp³-hybridized carbons (Fsp3) is 0.536. The average Bonchev–Trinajstić information content (AvgIpc) is 3.58. The summed E-state index contributed by atoms with van der Waals surface area (Å²) < 4.78 is 0. The van der Waals surface area contributed by atoms with Crippen molar-refractivity contribution in [3.05, 3.63) is 58.1 Å². The number of aryl methyl sites for hydroxylation is 2. The highest BCUT2D eigenvalue weighted by atomic mass is 16.1. The average molecular weight is 419 g/mol. The summed E-state index contributed by atoms with van der Waals surface area (Å²) in [5, 5.41) is 7.04. The smallest absolute Gasteiger partial charge is 0.224 e. The second-order valence-corrected chi connectivity index (χ2v) is 9.97. The fourth-order valence-electron chi connectivity index (χ4n) is 5.16.